The number of carbonyl (C=O) groups excluding carboxylic acids is 1. The summed E-state index contributed by atoms with van der Waals surface area (Å²) in [4.78, 5) is 11.4. The van der Waals surface area contributed by atoms with Gasteiger partial charge in [0, 0.05) is 6.04 Å². The predicted molar refractivity (Wildman–Crippen MR) is 64.5 cm³/mol. The van der Waals surface area contributed by atoms with Crippen LogP contribution in [0, 0.1) is 11.3 Å². The SMILES string of the molecule is CC[C@@H](C)NC(=O)COc1cccc(C#N)c1. The summed E-state index contributed by atoms with van der Waals surface area (Å²) in [5.41, 5.74) is 0.518. The minimum atomic E-state index is -0.151. The van der Waals surface area contributed by atoms with E-state index >= 15 is 0 Å². The highest BCUT2D eigenvalue weighted by atomic mass is 16.5. The van der Waals surface area contributed by atoms with Crippen molar-refractivity contribution in [2.24, 2.45) is 0 Å². The third-order valence-electron chi connectivity index (χ3n) is 2.35. The molecule has 1 aromatic carbocycles. The lowest BCUT2D eigenvalue weighted by atomic mass is 10.2. The molecule has 0 aliphatic rings. The molecule has 0 unspecified atom stereocenters. The number of hydrogen-bond donors (Lipinski definition) is 1. The van der Waals surface area contributed by atoms with Crippen LogP contribution < -0.4 is 10.1 Å². The summed E-state index contributed by atoms with van der Waals surface area (Å²) in [6, 6.07) is 8.90. The van der Waals surface area contributed by atoms with Crippen LogP contribution in [-0.2, 0) is 4.79 Å². The Bertz CT molecular complexity index is 424. The molecule has 0 heterocycles. The van der Waals surface area contributed by atoms with E-state index in [4.69, 9.17) is 10.00 Å². The van der Waals surface area contributed by atoms with Crippen molar-refractivity contribution >= 4 is 5.91 Å². The fourth-order valence-corrected chi connectivity index (χ4v) is 1.22. The minimum absolute atomic E-state index is 0.0285. The molecule has 0 aliphatic carbocycles. The van der Waals surface area contributed by atoms with Crippen LogP contribution in [-0.4, -0.2) is 18.6 Å². The van der Waals surface area contributed by atoms with Gasteiger partial charge in [-0.15, -0.1) is 0 Å². The topological polar surface area (TPSA) is 62.1 Å². The van der Waals surface area contributed by atoms with Gasteiger partial charge in [0.15, 0.2) is 6.61 Å². The molecule has 0 fully saturated rings. The van der Waals surface area contributed by atoms with E-state index in [1.54, 1.807) is 24.3 Å². The average molecular weight is 232 g/mol. The highest BCUT2D eigenvalue weighted by Gasteiger charge is 2.06. The summed E-state index contributed by atoms with van der Waals surface area (Å²) in [5.74, 6) is 0.380. The summed E-state index contributed by atoms with van der Waals surface area (Å²) in [6.07, 6.45) is 0.885. The van der Waals surface area contributed by atoms with E-state index < -0.39 is 0 Å². The normalized spacial score (nSPS) is 11.4. The van der Waals surface area contributed by atoms with Crippen LogP contribution in [0.3, 0.4) is 0 Å². The molecule has 1 aromatic rings. The molecule has 0 aliphatic heterocycles. The highest BCUT2D eigenvalue weighted by molar-refractivity contribution is 5.77. The van der Waals surface area contributed by atoms with Crippen molar-refractivity contribution in [3.63, 3.8) is 0 Å². The second-order valence-corrected chi connectivity index (χ2v) is 3.81. The highest BCUT2D eigenvalue weighted by Crippen LogP contribution is 2.12. The second kappa shape index (κ2) is 6.54. The quantitative estimate of drug-likeness (QED) is 0.842. The largest absolute Gasteiger partial charge is 0.484 e. The molecule has 0 saturated heterocycles. The van der Waals surface area contributed by atoms with Crippen molar-refractivity contribution < 1.29 is 9.53 Å². The number of nitrogens with zero attached hydrogens (tertiary/aromatic N) is 1. The van der Waals surface area contributed by atoms with Crippen LogP contribution in [0.4, 0.5) is 0 Å². The van der Waals surface area contributed by atoms with Crippen LogP contribution in [0.1, 0.15) is 25.8 Å². The molecule has 0 spiro atoms. The number of nitriles is 1. The number of hydrogen-bond acceptors (Lipinski definition) is 3. The van der Waals surface area contributed by atoms with Crippen LogP contribution in [0.2, 0.25) is 0 Å². The Morgan fingerprint density at radius 3 is 3.00 bits per heavy atom. The first-order valence-electron chi connectivity index (χ1n) is 5.58. The minimum Gasteiger partial charge on any atom is -0.484 e. The Kier molecular flexibility index (Phi) is 5.02. The van der Waals surface area contributed by atoms with Gasteiger partial charge in [0.05, 0.1) is 11.6 Å². The fourth-order valence-electron chi connectivity index (χ4n) is 1.22. The molecule has 0 saturated carbocycles. The Morgan fingerprint density at radius 2 is 2.35 bits per heavy atom. The van der Waals surface area contributed by atoms with Crippen molar-refractivity contribution in [1.29, 1.82) is 5.26 Å². The first-order chi connectivity index (χ1) is 8.15. The maximum atomic E-state index is 11.4. The second-order valence-electron chi connectivity index (χ2n) is 3.81. The van der Waals surface area contributed by atoms with Gasteiger partial charge in [0.2, 0.25) is 0 Å². The molecular formula is C13H16N2O2. The van der Waals surface area contributed by atoms with E-state index in [1.807, 2.05) is 19.9 Å². The zero-order valence-electron chi connectivity index (χ0n) is 10.1. The van der Waals surface area contributed by atoms with Crippen molar-refractivity contribution in [1.82, 2.24) is 5.32 Å². The average Bonchev–Trinajstić information content (AvgIpc) is 2.36. The van der Waals surface area contributed by atoms with Crippen molar-refractivity contribution in [3.05, 3.63) is 29.8 Å². The zero-order valence-corrected chi connectivity index (χ0v) is 10.1. The number of nitrogens with one attached hydrogen (secondary N) is 1. The Labute approximate surface area is 101 Å². The Hall–Kier alpha value is -2.02. The number of benzene rings is 1. The lowest BCUT2D eigenvalue weighted by Crippen LogP contribution is -2.35. The van der Waals surface area contributed by atoms with E-state index in [1.165, 1.54) is 0 Å². The van der Waals surface area contributed by atoms with Crippen LogP contribution >= 0.6 is 0 Å². The van der Waals surface area contributed by atoms with Gasteiger partial charge in [-0.2, -0.15) is 5.26 Å². The molecule has 1 amide bonds. The van der Waals surface area contributed by atoms with Gasteiger partial charge in [-0.1, -0.05) is 13.0 Å². The van der Waals surface area contributed by atoms with Gasteiger partial charge < -0.3 is 10.1 Å². The smallest absolute Gasteiger partial charge is 0.258 e. The molecule has 90 valence electrons. The number of carbonyl (C=O) groups is 1. The number of rotatable bonds is 5. The maximum Gasteiger partial charge on any atom is 0.258 e. The molecule has 0 bridgehead atoms. The zero-order chi connectivity index (χ0) is 12.7. The molecule has 0 aromatic heterocycles. The van der Waals surface area contributed by atoms with E-state index in [0.717, 1.165) is 6.42 Å². The summed E-state index contributed by atoms with van der Waals surface area (Å²) in [7, 11) is 0. The van der Waals surface area contributed by atoms with Gasteiger partial charge in [-0.3, -0.25) is 4.79 Å². The fraction of sp³-hybridized carbons (Fsp3) is 0.385. The van der Waals surface area contributed by atoms with Crippen LogP contribution in [0.5, 0.6) is 5.75 Å². The molecule has 4 heteroatoms. The maximum absolute atomic E-state index is 11.4. The molecule has 17 heavy (non-hydrogen) atoms. The number of ether oxygens (including phenoxy) is 1. The Morgan fingerprint density at radius 1 is 1.59 bits per heavy atom. The summed E-state index contributed by atoms with van der Waals surface area (Å²) in [6.45, 7) is 3.91. The van der Waals surface area contributed by atoms with Crippen molar-refractivity contribution in [2.75, 3.05) is 6.61 Å². The molecule has 4 nitrogen and oxygen atoms in total. The summed E-state index contributed by atoms with van der Waals surface area (Å²) in [5, 5.41) is 11.5. The van der Waals surface area contributed by atoms with Gasteiger partial charge in [0.25, 0.3) is 5.91 Å². The van der Waals surface area contributed by atoms with Gasteiger partial charge in [-0.25, -0.2) is 0 Å². The standard InChI is InChI=1S/C13H16N2O2/c1-3-10(2)15-13(16)9-17-12-6-4-5-11(7-12)8-14/h4-7,10H,3,9H2,1-2H3,(H,15,16)/t10-/m1/s1. The van der Waals surface area contributed by atoms with Crippen molar-refractivity contribution in [2.45, 2.75) is 26.3 Å². The first-order valence-corrected chi connectivity index (χ1v) is 5.58. The van der Waals surface area contributed by atoms with E-state index in [-0.39, 0.29) is 18.6 Å². The molecule has 1 atom stereocenters. The monoisotopic (exact) mass is 232 g/mol. The Balaban J connectivity index is 2.45. The molecule has 1 rings (SSSR count). The molecule has 0 radical (unpaired) electrons. The predicted octanol–water partition coefficient (Wildman–Crippen LogP) is 1.85. The molecule has 1 N–H and O–H groups in total. The van der Waals surface area contributed by atoms with Crippen molar-refractivity contribution in [3.8, 4) is 11.8 Å². The van der Waals surface area contributed by atoms with E-state index in [9.17, 15) is 4.79 Å². The first kappa shape index (κ1) is 13.0. The summed E-state index contributed by atoms with van der Waals surface area (Å²) >= 11 is 0. The van der Waals surface area contributed by atoms with Gasteiger partial charge >= 0.3 is 0 Å². The van der Waals surface area contributed by atoms with Gasteiger partial charge in [0.1, 0.15) is 5.75 Å². The molecular weight excluding hydrogens is 216 g/mol. The van der Waals surface area contributed by atoms with Crippen LogP contribution in [0.25, 0.3) is 0 Å². The lowest BCUT2D eigenvalue weighted by molar-refractivity contribution is -0.123. The lowest BCUT2D eigenvalue weighted by Gasteiger charge is -2.12. The summed E-state index contributed by atoms with van der Waals surface area (Å²) < 4.78 is 5.29. The number of amides is 1. The van der Waals surface area contributed by atoms with E-state index in [0.29, 0.717) is 11.3 Å². The third kappa shape index (κ3) is 4.56. The van der Waals surface area contributed by atoms with Crippen LogP contribution in [0.15, 0.2) is 24.3 Å². The third-order valence-corrected chi connectivity index (χ3v) is 2.35. The van der Waals surface area contributed by atoms with E-state index in [2.05, 4.69) is 5.32 Å². The van der Waals surface area contributed by atoms with Gasteiger partial charge in [-0.05, 0) is 31.5 Å².